The highest BCUT2D eigenvalue weighted by molar-refractivity contribution is 6.17. The molecule has 0 aromatic carbocycles. The monoisotopic (exact) mass is 229 g/mol. The minimum absolute atomic E-state index is 0.550. The lowest BCUT2D eigenvalue weighted by atomic mass is 10.4. The number of rotatable bonds is 7. The van der Waals surface area contributed by atoms with Crippen molar-refractivity contribution in [3.05, 3.63) is 18.0 Å². The second-order valence-electron chi connectivity index (χ2n) is 3.10. The third kappa shape index (κ3) is 5.54. The van der Waals surface area contributed by atoms with Crippen LogP contribution in [0.1, 0.15) is 12.1 Å². The molecule has 0 amide bonds. The van der Waals surface area contributed by atoms with Crippen LogP contribution in [-0.4, -0.2) is 35.6 Å². The van der Waals surface area contributed by atoms with E-state index >= 15 is 0 Å². The fraction of sp³-hybridized carbons (Fsp3) is 0.600. The number of aromatic nitrogens is 2. The fourth-order valence-electron chi connectivity index (χ4n) is 1.07. The van der Waals surface area contributed by atoms with E-state index in [1.165, 1.54) is 0 Å². The molecule has 1 aromatic rings. The molecule has 0 spiro atoms. The Balaban J connectivity index is 2.10. The van der Waals surface area contributed by atoms with Gasteiger partial charge in [-0.3, -0.25) is 0 Å². The lowest BCUT2D eigenvalue weighted by molar-refractivity contribution is 0.149. The summed E-state index contributed by atoms with van der Waals surface area (Å²) < 4.78 is 5.23. The van der Waals surface area contributed by atoms with Gasteiger partial charge in [0.25, 0.3) is 0 Å². The van der Waals surface area contributed by atoms with E-state index in [4.69, 9.17) is 16.3 Å². The summed E-state index contributed by atoms with van der Waals surface area (Å²) in [6, 6.07) is 1.87. The number of nitrogens with one attached hydrogen (secondary N) is 1. The summed E-state index contributed by atoms with van der Waals surface area (Å²) in [5.41, 5.74) is 0.964. The number of hydrogen-bond acceptors (Lipinski definition) is 4. The lowest BCUT2D eigenvalue weighted by Crippen LogP contribution is -2.09. The number of aryl methyl sites for hydroxylation is 1. The molecule has 0 atom stereocenters. The minimum atomic E-state index is 0.550. The Bertz CT molecular complexity index is 283. The van der Waals surface area contributed by atoms with Gasteiger partial charge in [0.05, 0.1) is 6.61 Å². The highest BCUT2D eigenvalue weighted by Crippen LogP contribution is 1.98. The molecule has 0 unspecified atom stereocenters. The molecule has 0 fully saturated rings. The van der Waals surface area contributed by atoms with Crippen LogP contribution in [0, 0.1) is 6.92 Å². The summed E-state index contributed by atoms with van der Waals surface area (Å²) in [7, 11) is 0. The van der Waals surface area contributed by atoms with E-state index in [0.717, 1.165) is 18.7 Å². The van der Waals surface area contributed by atoms with Crippen LogP contribution in [0.4, 0.5) is 5.95 Å². The van der Waals surface area contributed by atoms with E-state index in [2.05, 4.69) is 15.3 Å². The van der Waals surface area contributed by atoms with Gasteiger partial charge in [-0.05, 0) is 19.4 Å². The van der Waals surface area contributed by atoms with Gasteiger partial charge in [-0.15, -0.1) is 11.6 Å². The zero-order valence-corrected chi connectivity index (χ0v) is 9.63. The summed E-state index contributed by atoms with van der Waals surface area (Å²) in [4.78, 5) is 8.31. The third-order valence-corrected chi connectivity index (χ3v) is 1.92. The molecular formula is C10H16ClN3O. The molecule has 0 radical (unpaired) electrons. The van der Waals surface area contributed by atoms with E-state index in [1.807, 2.05) is 13.0 Å². The quantitative estimate of drug-likeness (QED) is 0.573. The van der Waals surface area contributed by atoms with Gasteiger partial charge in [-0.2, -0.15) is 0 Å². The Labute approximate surface area is 95.0 Å². The van der Waals surface area contributed by atoms with Crippen LogP contribution in [0.2, 0.25) is 0 Å². The number of ether oxygens (including phenoxy) is 1. The number of anilines is 1. The van der Waals surface area contributed by atoms with Crippen molar-refractivity contribution in [1.29, 1.82) is 0 Å². The third-order valence-electron chi connectivity index (χ3n) is 1.76. The Morgan fingerprint density at radius 2 is 2.33 bits per heavy atom. The molecule has 84 valence electrons. The Hall–Kier alpha value is -0.870. The lowest BCUT2D eigenvalue weighted by Gasteiger charge is -2.05. The van der Waals surface area contributed by atoms with Crippen molar-refractivity contribution in [3.63, 3.8) is 0 Å². The molecule has 0 aliphatic rings. The van der Waals surface area contributed by atoms with E-state index < -0.39 is 0 Å². The zero-order chi connectivity index (χ0) is 10.9. The van der Waals surface area contributed by atoms with Gasteiger partial charge in [0.2, 0.25) is 5.95 Å². The highest BCUT2D eigenvalue weighted by Gasteiger charge is 1.94. The maximum Gasteiger partial charge on any atom is 0.222 e. The van der Waals surface area contributed by atoms with Gasteiger partial charge in [-0.1, -0.05) is 0 Å². The first-order valence-electron chi connectivity index (χ1n) is 5.00. The van der Waals surface area contributed by atoms with Crippen LogP contribution >= 0.6 is 11.6 Å². The molecule has 0 aliphatic heterocycles. The molecular weight excluding hydrogens is 214 g/mol. The van der Waals surface area contributed by atoms with E-state index in [1.54, 1.807) is 6.20 Å². The first-order chi connectivity index (χ1) is 7.33. The number of hydrogen-bond donors (Lipinski definition) is 1. The van der Waals surface area contributed by atoms with Crippen molar-refractivity contribution in [2.24, 2.45) is 0 Å². The molecule has 0 aliphatic carbocycles. The van der Waals surface area contributed by atoms with Gasteiger partial charge in [-0.25, -0.2) is 9.97 Å². The standard InChI is InChI=1S/C10H16ClN3O/c1-9-3-6-13-10(14-9)12-5-2-7-15-8-4-11/h3,6H,2,4-5,7-8H2,1H3,(H,12,13,14). The van der Waals surface area contributed by atoms with Crippen molar-refractivity contribution in [2.75, 3.05) is 31.0 Å². The second-order valence-corrected chi connectivity index (χ2v) is 3.48. The number of alkyl halides is 1. The molecule has 0 saturated carbocycles. The number of nitrogens with zero attached hydrogens (tertiary/aromatic N) is 2. The van der Waals surface area contributed by atoms with Crippen molar-refractivity contribution >= 4 is 17.5 Å². The van der Waals surface area contributed by atoms with Crippen LogP contribution in [0.5, 0.6) is 0 Å². The summed E-state index contributed by atoms with van der Waals surface area (Å²) in [6.07, 6.45) is 2.67. The zero-order valence-electron chi connectivity index (χ0n) is 8.87. The normalized spacial score (nSPS) is 10.3. The molecule has 1 heterocycles. The minimum Gasteiger partial charge on any atom is -0.380 e. The second kappa shape index (κ2) is 7.43. The number of halogens is 1. The van der Waals surface area contributed by atoms with Gasteiger partial charge in [0.15, 0.2) is 0 Å². The van der Waals surface area contributed by atoms with Crippen molar-refractivity contribution in [2.45, 2.75) is 13.3 Å². The first kappa shape index (κ1) is 12.2. The van der Waals surface area contributed by atoms with Crippen LogP contribution in [0.15, 0.2) is 12.3 Å². The summed E-state index contributed by atoms with van der Waals surface area (Å²) in [5.74, 6) is 1.22. The largest absolute Gasteiger partial charge is 0.380 e. The molecule has 1 aromatic heterocycles. The Morgan fingerprint density at radius 1 is 1.47 bits per heavy atom. The summed E-state index contributed by atoms with van der Waals surface area (Å²) in [5, 5.41) is 3.13. The molecule has 15 heavy (non-hydrogen) atoms. The van der Waals surface area contributed by atoms with Crippen molar-refractivity contribution < 1.29 is 4.74 Å². The molecule has 0 saturated heterocycles. The predicted octanol–water partition coefficient (Wildman–Crippen LogP) is 1.84. The average molecular weight is 230 g/mol. The molecule has 4 nitrogen and oxygen atoms in total. The molecule has 0 bridgehead atoms. The smallest absolute Gasteiger partial charge is 0.222 e. The maximum absolute atomic E-state index is 5.47. The topological polar surface area (TPSA) is 47.0 Å². The molecule has 1 rings (SSSR count). The Morgan fingerprint density at radius 3 is 3.07 bits per heavy atom. The average Bonchev–Trinajstić information content (AvgIpc) is 2.23. The first-order valence-corrected chi connectivity index (χ1v) is 5.53. The van der Waals surface area contributed by atoms with Crippen LogP contribution in [0.25, 0.3) is 0 Å². The highest BCUT2D eigenvalue weighted by atomic mass is 35.5. The Kier molecular flexibility index (Phi) is 6.04. The summed E-state index contributed by atoms with van der Waals surface area (Å²) >= 11 is 5.47. The van der Waals surface area contributed by atoms with Gasteiger partial charge < -0.3 is 10.1 Å². The SMILES string of the molecule is Cc1ccnc(NCCCOCCCl)n1. The van der Waals surface area contributed by atoms with Crippen molar-refractivity contribution in [3.8, 4) is 0 Å². The molecule has 1 N–H and O–H groups in total. The predicted molar refractivity (Wildman–Crippen MR) is 61.4 cm³/mol. The van der Waals surface area contributed by atoms with Gasteiger partial charge >= 0.3 is 0 Å². The maximum atomic E-state index is 5.47. The van der Waals surface area contributed by atoms with Crippen LogP contribution in [0.3, 0.4) is 0 Å². The summed E-state index contributed by atoms with van der Waals surface area (Å²) in [6.45, 7) is 4.08. The van der Waals surface area contributed by atoms with Crippen LogP contribution in [-0.2, 0) is 4.74 Å². The van der Waals surface area contributed by atoms with E-state index in [0.29, 0.717) is 25.0 Å². The van der Waals surface area contributed by atoms with Gasteiger partial charge in [0, 0.05) is 30.9 Å². The van der Waals surface area contributed by atoms with Crippen molar-refractivity contribution in [1.82, 2.24) is 9.97 Å². The van der Waals surface area contributed by atoms with E-state index in [9.17, 15) is 0 Å². The van der Waals surface area contributed by atoms with Gasteiger partial charge in [0.1, 0.15) is 0 Å². The molecule has 5 heteroatoms. The fourth-order valence-corrected chi connectivity index (χ4v) is 1.17. The van der Waals surface area contributed by atoms with E-state index in [-0.39, 0.29) is 0 Å². The van der Waals surface area contributed by atoms with Crippen LogP contribution < -0.4 is 5.32 Å².